The molecule has 0 saturated heterocycles. The second kappa shape index (κ2) is 7.54. The number of carbonyl (C=O) groups excluding carboxylic acids is 1. The van der Waals surface area contributed by atoms with Crippen LogP contribution < -0.4 is 0 Å². The van der Waals surface area contributed by atoms with Gasteiger partial charge in [-0.3, -0.25) is 4.79 Å². The molecule has 1 aliphatic heterocycles. The topological polar surface area (TPSA) is 46.3 Å². The van der Waals surface area contributed by atoms with E-state index in [1.54, 1.807) is 0 Å². The summed E-state index contributed by atoms with van der Waals surface area (Å²) in [6, 6.07) is 15.9. The molecule has 0 amide bonds. The monoisotopic (exact) mass is 362 g/mol. The fourth-order valence-electron chi connectivity index (χ4n) is 2.91. The van der Waals surface area contributed by atoms with Crippen molar-refractivity contribution in [1.82, 2.24) is 10.1 Å². The van der Waals surface area contributed by atoms with Gasteiger partial charge in [0.25, 0.3) is 0 Å². The first kappa shape index (κ1) is 16.5. The number of aromatic nitrogens is 1. The Labute approximate surface area is 156 Å². The summed E-state index contributed by atoms with van der Waals surface area (Å²) < 4.78 is 5.50. The third-order valence-corrected chi connectivity index (χ3v) is 5.10. The lowest BCUT2D eigenvalue weighted by Gasteiger charge is -2.19. The van der Waals surface area contributed by atoms with Crippen molar-refractivity contribution in [3.05, 3.63) is 94.3 Å². The molecule has 4 nitrogen and oxygen atoms in total. The van der Waals surface area contributed by atoms with Crippen LogP contribution in [0.3, 0.4) is 0 Å². The number of rotatable bonds is 6. The summed E-state index contributed by atoms with van der Waals surface area (Å²) in [6.07, 6.45) is 7.47. The molecule has 1 aromatic carbocycles. The summed E-state index contributed by atoms with van der Waals surface area (Å²) in [4.78, 5) is 15.0. The summed E-state index contributed by atoms with van der Waals surface area (Å²) in [7, 11) is 0. The predicted octanol–water partition coefficient (Wildman–Crippen LogP) is 4.77. The highest BCUT2D eigenvalue weighted by molar-refractivity contribution is 7.12. The summed E-state index contributed by atoms with van der Waals surface area (Å²) >= 11 is 1.47. The van der Waals surface area contributed by atoms with Crippen LogP contribution in [-0.2, 0) is 6.42 Å². The molecule has 0 fully saturated rings. The fraction of sp³-hybridized carbons (Fsp3) is 0.143. The van der Waals surface area contributed by atoms with Gasteiger partial charge in [0.2, 0.25) is 0 Å². The van der Waals surface area contributed by atoms with Crippen molar-refractivity contribution in [2.24, 2.45) is 0 Å². The normalized spacial score (nSPS) is 13.7. The first-order valence-electron chi connectivity index (χ1n) is 8.47. The van der Waals surface area contributed by atoms with E-state index in [4.69, 9.17) is 4.52 Å². The number of nitrogens with zero attached hydrogens (tertiary/aromatic N) is 2. The summed E-state index contributed by atoms with van der Waals surface area (Å²) in [6.45, 7) is 0.329. The number of allylic oxidation sites excluding steroid dienone is 2. The maximum Gasteiger partial charge on any atom is 0.192 e. The second-order valence-electron chi connectivity index (χ2n) is 6.16. The molecule has 0 bridgehead atoms. The van der Waals surface area contributed by atoms with Gasteiger partial charge in [-0.15, -0.1) is 11.3 Å². The molecule has 0 aliphatic carbocycles. The lowest BCUT2D eigenvalue weighted by molar-refractivity contribution is 0.0973. The minimum Gasteiger partial charge on any atom is -0.360 e. The van der Waals surface area contributed by atoms with Gasteiger partial charge in [0.1, 0.15) is 11.5 Å². The number of benzene rings is 1. The minimum atomic E-state index is 0.118. The van der Waals surface area contributed by atoms with E-state index in [0.717, 1.165) is 34.7 Å². The van der Waals surface area contributed by atoms with Gasteiger partial charge in [-0.05, 0) is 23.4 Å². The lowest BCUT2D eigenvalue weighted by atomic mass is 10.1. The number of hydrogen-bond acceptors (Lipinski definition) is 5. The van der Waals surface area contributed by atoms with Crippen molar-refractivity contribution in [1.29, 1.82) is 0 Å². The molecule has 4 rings (SSSR count). The zero-order valence-corrected chi connectivity index (χ0v) is 15.0. The predicted molar refractivity (Wildman–Crippen MR) is 103 cm³/mol. The Morgan fingerprint density at radius 3 is 2.88 bits per heavy atom. The van der Waals surface area contributed by atoms with Crippen molar-refractivity contribution in [3.8, 4) is 0 Å². The molecule has 5 heteroatoms. The van der Waals surface area contributed by atoms with Gasteiger partial charge in [-0.25, -0.2) is 0 Å². The molecule has 0 atom stereocenters. The van der Waals surface area contributed by atoms with Gasteiger partial charge in [0, 0.05) is 30.5 Å². The van der Waals surface area contributed by atoms with E-state index >= 15 is 0 Å². The summed E-state index contributed by atoms with van der Waals surface area (Å²) in [5, 5.41) is 6.13. The van der Waals surface area contributed by atoms with E-state index in [-0.39, 0.29) is 5.78 Å². The van der Waals surface area contributed by atoms with Crippen molar-refractivity contribution in [2.75, 3.05) is 6.54 Å². The van der Waals surface area contributed by atoms with Crippen LogP contribution in [0.1, 0.15) is 33.1 Å². The first-order valence-corrected chi connectivity index (χ1v) is 9.35. The van der Waals surface area contributed by atoms with Crippen molar-refractivity contribution >= 4 is 22.7 Å². The van der Waals surface area contributed by atoms with Crippen LogP contribution in [0.2, 0.25) is 0 Å². The van der Waals surface area contributed by atoms with Gasteiger partial charge >= 0.3 is 0 Å². The van der Waals surface area contributed by atoms with Crippen molar-refractivity contribution < 1.29 is 9.32 Å². The molecule has 1 aliphatic rings. The lowest BCUT2D eigenvalue weighted by Crippen LogP contribution is -2.21. The number of thiophene rings is 1. The standard InChI is InChI=1S/C21H18N2O2S/c24-20(21-9-5-11-26-21)15-23-10-4-8-17(14-23)19-13-18(25-22-19)12-16-6-2-1-3-7-16/h1-7,9-11,13-14H,8,12,15H2. The Morgan fingerprint density at radius 1 is 1.19 bits per heavy atom. The van der Waals surface area contributed by atoms with Gasteiger partial charge in [-0.1, -0.05) is 47.6 Å². The number of ketones is 1. The second-order valence-corrected chi connectivity index (χ2v) is 7.10. The van der Waals surface area contributed by atoms with Crippen LogP contribution in [0.15, 0.2) is 76.9 Å². The Morgan fingerprint density at radius 2 is 2.08 bits per heavy atom. The quantitative estimate of drug-likeness (QED) is 0.593. The summed E-state index contributed by atoms with van der Waals surface area (Å²) in [5.74, 6) is 0.954. The van der Waals surface area contributed by atoms with E-state index in [1.165, 1.54) is 16.9 Å². The van der Waals surface area contributed by atoms with E-state index in [9.17, 15) is 4.79 Å². The van der Waals surface area contributed by atoms with Crippen molar-refractivity contribution in [3.63, 3.8) is 0 Å². The summed E-state index contributed by atoms with van der Waals surface area (Å²) in [5.41, 5.74) is 3.07. The molecule has 130 valence electrons. The highest BCUT2D eigenvalue weighted by Crippen LogP contribution is 2.24. The molecule has 2 aromatic heterocycles. The first-order chi connectivity index (χ1) is 12.8. The highest BCUT2D eigenvalue weighted by atomic mass is 32.1. The molecule has 3 heterocycles. The Hall–Kier alpha value is -2.92. The molecular weight excluding hydrogens is 344 g/mol. The minimum absolute atomic E-state index is 0.118. The van der Waals surface area contributed by atoms with Crippen LogP contribution in [-0.4, -0.2) is 22.4 Å². The third-order valence-electron chi connectivity index (χ3n) is 4.19. The van der Waals surface area contributed by atoms with Crippen molar-refractivity contribution in [2.45, 2.75) is 12.8 Å². The van der Waals surface area contributed by atoms with Crippen LogP contribution in [0, 0.1) is 0 Å². The average molecular weight is 362 g/mol. The van der Waals surface area contributed by atoms with E-state index in [0.29, 0.717) is 6.54 Å². The van der Waals surface area contributed by atoms with E-state index < -0.39 is 0 Å². The zero-order chi connectivity index (χ0) is 17.8. The van der Waals surface area contributed by atoms with Crippen LogP contribution >= 0.6 is 11.3 Å². The Bertz CT molecular complexity index is 940. The van der Waals surface area contributed by atoms with Crippen LogP contribution in [0.25, 0.3) is 5.57 Å². The fourth-order valence-corrected chi connectivity index (χ4v) is 3.56. The molecule has 0 saturated carbocycles. The molecule has 3 aromatic rings. The average Bonchev–Trinajstić information content (AvgIpc) is 3.35. The smallest absolute Gasteiger partial charge is 0.192 e. The zero-order valence-electron chi connectivity index (χ0n) is 14.2. The molecule has 0 radical (unpaired) electrons. The number of Topliss-reactive ketones (excluding diaryl/α,β-unsaturated/α-hetero) is 1. The van der Waals surface area contributed by atoms with Gasteiger partial charge in [0.15, 0.2) is 5.78 Å². The third kappa shape index (κ3) is 3.83. The maximum atomic E-state index is 12.3. The van der Waals surface area contributed by atoms with E-state index in [1.807, 2.05) is 65.2 Å². The van der Waals surface area contributed by atoms with Gasteiger partial charge < -0.3 is 9.42 Å². The highest BCUT2D eigenvalue weighted by Gasteiger charge is 2.15. The number of carbonyl (C=O) groups is 1. The Balaban J connectivity index is 1.45. The molecule has 0 N–H and O–H groups in total. The molecular formula is C21H18N2O2S. The SMILES string of the molecule is O=C(CN1C=CCC(c2cc(Cc3ccccc3)on2)=C1)c1cccs1. The maximum absolute atomic E-state index is 12.3. The van der Waals surface area contributed by atoms with Gasteiger partial charge in [-0.2, -0.15) is 0 Å². The molecule has 0 unspecified atom stereocenters. The Kier molecular flexibility index (Phi) is 4.80. The largest absolute Gasteiger partial charge is 0.360 e. The van der Waals surface area contributed by atoms with Gasteiger partial charge in [0.05, 0.1) is 11.4 Å². The molecule has 26 heavy (non-hydrogen) atoms. The number of hydrogen-bond donors (Lipinski definition) is 0. The molecule has 0 spiro atoms. The van der Waals surface area contributed by atoms with E-state index in [2.05, 4.69) is 17.3 Å². The van der Waals surface area contributed by atoms with Crippen LogP contribution in [0.4, 0.5) is 0 Å². The van der Waals surface area contributed by atoms with Crippen LogP contribution in [0.5, 0.6) is 0 Å².